The molecule has 0 spiro atoms. The maximum atomic E-state index is 11.8. The lowest BCUT2D eigenvalue weighted by atomic mass is 9.88. The molecule has 0 amide bonds. The van der Waals surface area contributed by atoms with E-state index in [1.54, 1.807) is 19.1 Å². The fourth-order valence-electron chi connectivity index (χ4n) is 4.26. The van der Waals surface area contributed by atoms with Gasteiger partial charge >= 0.3 is 0 Å². The lowest BCUT2D eigenvalue weighted by Crippen LogP contribution is -2.29. The third kappa shape index (κ3) is 2.68. The molecule has 3 atom stereocenters. The van der Waals surface area contributed by atoms with Gasteiger partial charge in [-0.25, -0.2) is 0 Å². The van der Waals surface area contributed by atoms with E-state index in [1.165, 1.54) is 25.7 Å². The van der Waals surface area contributed by atoms with Gasteiger partial charge < -0.3 is 4.90 Å². The Morgan fingerprint density at radius 3 is 2.76 bits per heavy atom. The van der Waals surface area contributed by atoms with Crippen LogP contribution in [0.15, 0.2) is 18.2 Å². The molecular weight excluding hydrogens is 260 g/mol. The summed E-state index contributed by atoms with van der Waals surface area (Å²) in [6.45, 7) is 2.59. The Kier molecular flexibility index (Phi) is 3.71. The lowest BCUT2D eigenvalue weighted by molar-refractivity contribution is 0.101. The predicted octanol–water partition coefficient (Wildman–Crippen LogP) is 3.63. The van der Waals surface area contributed by atoms with E-state index in [4.69, 9.17) is 5.26 Å². The Morgan fingerprint density at radius 1 is 1.38 bits per heavy atom. The SMILES string of the molecule is CC(=O)c1ccc(C#N)cc1N(C)CC1CC2CCC1C2. The second-order valence-corrected chi connectivity index (χ2v) is 6.72. The number of ketones is 1. The van der Waals surface area contributed by atoms with Crippen molar-refractivity contribution in [2.75, 3.05) is 18.5 Å². The van der Waals surface area contributed by atoms with E-state index in [-0.39, 0.29) is 5.78 Å². The van der Waals surface area contributed by atoms with Crippen LogP contribution in [-0.4, -0.2) is 19.4 Å². The van der Waals surface area contributed by atoms with Crippen LogP contribution >= 0.6 is 0 Å². The first-order valence-electron chi connectivity index (χ1n) is 7.84. The summed E-state index contributed by atoms with van der Waals surface area (Å²) in [6, 6.07) is 7.54. The highest BCUT2D eigenvalue weighted by Crippen LogP contribution is 2.48. The molecule has 21 heavy (non-hydrogen) atoms. The first kappa shape index (κ1) is 14.1. The Balaban J connectivity index is 1.81. The van der Waals surface area contributed by atoms with E-state index in [0.29, 0.717) is 5.56 Å². The second-order valence-electron chi connectivity index (χ2n) is 6.72. The molecule has 0 radical (unpaired) electrons. The van der Waals surface area contributed by atoms with Gasteiger partial charge in [-0.2, -0.15) is 5.26 Å². The highest BCUT2D eigenvalue weighted by Gasteiger charge is 2.39. The van der Waals surface area contributed by atoms with Crippen LogP contribution < -0.4 is 4.90 Å². The van der Waals surface area contributed by atoms with Gasteiger partial charge in [0, 0.05) is 24.8 Å². The number of benzene rings is 1. The number of Topliss-reactive ketones (excluding diaryl/α,β-unsaturated/α-hetero) is 1. The second kappa shape index (κ2) is 5.52. The molecule has 1 aromatic rings. The predicted molar refractivity (Wildman–Crippen MR) is 83.4 cm³/mol. The molecule has 110 valence electrons. The summed E-state index contributed by atoms with van der Waals surface area (Å²) in [7, 11) is 2.05. The molecule has 2 aliphatic rings. The molecule has 0 aliphatic heterocycles. The van der Waals surface area contributed by atoms with E-state index in [2.05, 4.69) is 18.0 Å². The van der Waals surface area contributed by atoms with Crippen LogP contribution in [0, 0.1) is 29.1 Å². The molecule has 0 saturated heterocycles. The molecule has 2 saturated carbocycles. The topological polar surface area (TPSA) is 44.1 Å². The zero-order valence-electron chi connectivity index (χ0n) is 12.8. The van der Waals surface area contributed by atoms with Gasteiger partial charge in [0.1, 0.15) is 0 Å². The van der Waals surface area contributed by atoms with Gasteiger partial charge in [-0.3, -0.25) is 4.79 Å². The van der Waals surface area contributed by atoms with E-state index in [9.17, 15) is 4.79 Å². The minimum atomic E-state index is 0.0642. The number of carbonyl (C=O) groups excluding carboxylic acids is 1. The van der Waals surface area contributed by atoms with Crippen LogP contribution in [0.3, 0.4) is 0 Å². The van der Waals surface area contributed by atoms with Crippen molar-refractivity contribution in [3.8, 4) is 6.07 Å². The van der Waals surface area contributed by atoms with Crippen LogP contribution in [0.25, 0.3) is 0 Å². The van der Waals surface area contributed by atoms with Crippen molar-refractivity contribution in [3.63, 3.8) is 0 Å². The fraction of sp³-hybridized carbons (Fsp3) is 0.556. The normalized spacial score (nSPS) is 26.6. The van der Waals surface area contributed by atoms with Crippen molar-refractivity contribution in [3.05, 3.63) is 29.3 Å². The first-order valence-corrected chi connectivity index (χ1v) is 7.84. The highest BCUT2D eigenvalue weighted by molar-refractivity contribution is 6.00. The summed E-state index contributed by atoms with van der Waals surface area (Å²) in [5.74, 6) is 2.62. The Bertz CT molecular complexity index is 602. The number of hydrogen-bond donors (Lipinski definition) is 0. The van der Waals surface area contributed by atoms with Crippen molar-refractivity contribution >= 4 is 11.5 Å². The Hall–Kier alpha value is -1.82. The molecular formula is C18H22N2O. The molecule has 0 heterocycles. The smallest absolute Gasteiger partial charge is 0.161 e. The molecule has 3 nitrogen and oxygen atoms in total. The van der Waals surface area contributed by atoms with Crippen molar-refractivity contribution in [2.45, 2.75) is 32.6 Å². The quantitative estimate of drug-likeness (QED) is 0.792. The van der Waals surface area contributed by atoms with Crippen molar-refractivity contribution in [2.24, 2.45) is 17.8 Å². The van der Waals surface area contributed by atoms with Crippen LogP contribution in [0.4, 0.5) is 5.69 Å². The molecule has 0 N–H and O–H groups in total. The van der Waals surface area contributed by atoms with Crippen molar-refractivity contribution < 1.29 is 4.79 Å². The molecule has 2 bridgehead atoms. The lowest BCUT2D eigenvalue weighted by Gasteiger charge is -2.29. The molecule has 2 fully saturated rings. The third-order valence-corrected chi connectivity index (χ3v) is 5.31. The van der Waals surface area contributed by atoms with Crippen molar-refractivity contribution in [1.29, 1.82) is 5.26 Å². The van der Waals surface area contributed by atoms with Gasteiger partial charge in [-0.15, -0.1) is 0 Å². The van der Waals surface area contributed by atoms with E-state index < -0.39 is 0 Å². The minimum absolute atomic E-state index is 0.0642. The minimum Gasteiger partial charge on any atom is -0.374 e. The number of nitrogens with zero attached hydrogens (tertiary/aromatic N) is 2. The zero-order chi connectivity index (χ0) is 15.0. The number of nitriles is 1. The zero-order valence-corrected chi connectivity index (χ0v) is 12.8. The van der Waals surface area contributed by atoms with Gasteiger partial charge in [0.15, 0.2) is 5.78 Å². The summed E-state index contributed by atoms with van der Waals surface area (Å²) in [4.78, 5) is 14.0. The number of fused-ring (bicyclic) bond motifs is 2. The molecule has 2 aliphatic carbocycles. The average molecular weight is 282 g/mol. The van der Waals surface area contributed by atoms with Gasteiger partial charge in [-0.05, 0) is 62.1 Å². The van der Waals surface area contributed by atoms with Crippen LogP contribution in [0.5, 0.6) is 0 Å². The Labute approximate surface area is 126 Å². The van der Waals surface area contributed by atoms with Crippen molar-refractivity contribution in [1.82, 2.24) is 0 Å². The van der Waals surface area contributed by atoms with Gasteiger partial charge in [0.2, 0.25) is 0 Å². The third-order valence-electron chi connectivity index (χ3n) is 5.31. The molecule has 3 unspecified atom stereocenters. The van der Waals surface area contributed by atoms with E-state index in [1.807, 2.05) is 6.07 Å². The molecule has 1 aromatic carbocycles. The monoisotopic (exact) mass is 282 g/mol. The first-order chi connectivity index (χ1) is 10.1. The van der Waals surface area contributed by atoms with Crippen LogP contribution in [-0.2, 0) is 0 Å². The number of hydrogen-bond acceptors (Lipinski definition) is 3. The molecule has 0 aromatic heterocycles. The summed E-state index contributed by atoms with van der Waals surface area (Å²) in [5, 5.41) is 9.09. The summed E-state index contributed by atoms with van der Waals surface area (Å²) < 4.78 is 0. The van der Waals surface area contributed by atoms with E-state index >= 15 is 0 Å². The fourth-order valence-corrected chi connectivity index (χ4v) is 4.26. The number of rotatable bonds is 4. The van der Waals surface area contributed by atoms with E-state index in [0.717, 1.165) is 35.5 Å². The van der Waals surface area contributed by atoms with Gasteiger partial charge in [0.25, 0.3) is 0 Å². The summed E-state index contributed by atoms with van der Waals surface area (Å²) in [6.07, 6.45) is 5.52. The molecule has 3 heteroatoms. The van der Waals surface area contributed by atoms with Crippen LogP contribution in [0.2, 0.25) is 0 Å². The largest absolute Gasteiger partial charge is 0.374 e. The molecule has 3 rings (SSSR count). The maximum Gasteiger partial charge on any atom is 0.161 e. The number of carbonyl (C=O) groups is 1. The highest BCUT2D eigenvalue weighted by atomic mass is 16.1. The maximum absolute atomic E-state index is 11.8. The summed E-state index contributed by atoms with van der Waals surface area (Å²) >= 11 is 0. The Morgan fingerprint density at radius 2 is 2.19 bits per heavy atom. The average Bonchev–Trinajstić information content (AvgIpc) is 3.09. The standard InChI is InChI=1S/C18H22N2O/c1-12(21)17-6-4-14(10-19)9-18(17)20(2)11-16-8-13-3-5-15(16)7-13/h4,6,9,13,15-16H,3,5,7-8,11H2,1-2H3. The summed E-state index contributed by atoms with van der Waals surface area (Å²) in [5.41, 5.74) is 2.25. The van der Waals surface area contributed by atoms with Crippen LogP contribution in [0.1, 0.15) is 48.5 Å². The van der Waals surface area contributed by atoms with Gasteiger partial charge in [0.05, 0.1) is 11.6 Å². The van der Waals surface area contributed by atoms with Gasteiger partial charge in [-0.1, -0.05) is 6.42 Å². The number of anilines is 1.